The van der Waals surface area contributed by atoms with E-state index in [1.165, 1.54) is 18.7 Å². The lowest BCUT2D eigenvalue weighted by Gasteiger charge is -2.16. The number of ether oxygens (including phenoxy) is 1. The van der Waals surface area contributed by atoms with Crippen LogP contribution in [0.25, 0.3) is 0 Å². The predicted octanol–water partition coefficient (Wildman–Crippen LogP) is 3.92. The lowest BCUT2D eigenvalue weighted by atomic mass is 10.1. The van der Waals surface area contributed by atoms with Gasteiger partial charge in [-0.2, -0.15) is 4.98 Å². The van der Waals surface area contributed by atoms with Gasteiger partial charge in [-0.25, -0.2) is 4.39 Å². The lowest BCUT2D eigenvalue weighted by molar-refractivity contribution is 0.402. The van der Waals surface area contributed by atoms with E-state index in [1.807, 2.05) is 16.7 Å². The highest BCUT2D eigenvalue weighted by Gasteiger charge is 2.11. The lowest BCUT2D eigenvalue weighted by Crippen LogP contribution is -2.20. The van der Waals surface area contributed by atoms with E-state index in [1.54, 1.807) is 25.3 Å². The highest BCUT2D eigenvalue weighted by atomic mass is 19.1. The monoisotopic (exact) mass is 381 g/mol. The average Bonchev–Trinajstić information content (AvgIpc) is 2.70. The van der Waals surface area contributed by atoms with Crippen LogP contribution < -0.4 is 15.6 Å². The van der Waals surface area contributed by atoms with Gasteiger partial charge in [-0.1, -0.05) is 43.3 Å². The van der Waals surface area contributed by atoms with Gasteiger partial charge in [0, 0.05) is 6.54 Å². The fourth-order valence-corrected chi connectivity index (χ4v) is 3.13. The summed E-state index contributed by atoms with van der Waals surface area (Å²) in [5, 5.41) is 3.26. The number of rotatable bonds is 7. The van der Waals surface area contributed by atoms with E-state index in [4.69, 9.17) is 4.74 Å². The normalized spacial score (nSPS) is 10.7. The Morgan fingerprint density at radius 3 is 2.61 bits per heavy atom. The quantitative estimate of drug-likeness (QED) is 0.674. The van der Waals surface area contributed by atoms with Crippen molar-refractivity contribution in [1.29, 1.82) is 0 Å². The first-order valence-corrected chi connectivity index (χ1v) is 9.23. The van der Waals surface area contributed by atoms with E-state index in [0.717, 1.165) is 17.5 Å². The molecule has 1 heterocycles. The second kappa shape index (κ2) is 8.69. The second-order valence-corrected chi connectivity index (χ2v) is 6.63. The van der Waals surface area contributed by atoms with Crippen LogP contribution in [0.2, 0.25) is 0 Å². The van der Waals surface area contributed by atoms with E-state index in [0.29, 0.717) is 24.6 Å². The Balaban J connectivity index is 1.91. The van der Waals surface area contributed by atoms with Crippen LogP contribution >= 0.6 is 0 Å². The van der Waals surface area contributed by atoms with Crippen molar-refractivity contribution in [2.75, 3.05) is 12.4 Å². The Morgan fingerprint density at radius 1 is 1.18 bits per heavy atom. The summed E-state index contributed by atoms with van der Waals surface area (Å²) in [7, 11) is 1.44. The van der Waals surface area contributed by atoms with E-state index in [-0.39, 0.29) is 11.6 Å². The van der Waals surface area contributed by atoms with Crippen LogP contribution in [0.3, 0.4) is 0 Å². The third-order valence-electron chi connectivity index (χ3n) is 4.69. The molecule has 3 aromatic rings. The molecule has 0 spiro atoms. The molecule has 0 amide bonds. The Hall–Kier alpha value is -3.15. The molecule has 1 aromatic heterocycles. The molecule has 6 heteroatoms. The fourth-order valence-electron chi connectivity index (χ4n) is 3.13. The molecule has 3 rings (SSSR count). The molecular weight excluding hydrogens is 357 g/mol. The van der Waals surface area contributed by atoms with Crippen molar-refractivity contribution in [3.63, 3.8) is 0 Å². The van der Waals surface area contributed by atoms with Gasteiger partial charge in [0.25, 0.3) is 0 Å². The van der Waals surface area contributed by atoms with Gasteiger partial charge in [-0.15, -0.1) is 0 Å². The molecule has 0 aliphatic heterocycles. The summed E-state index contributed by atoms with van der Waals surface area (Å²) >= 11 is 0. The summed E-state index contributed by atoms with van der Waals surface area (Å²) < 4.78 is 20.5. The molecule has 2 aromatic carbocycles. The van der Waals surface area contributed by atoms with Gasteiger partial charge in [0.15, 0.2) is 0 Å². The predicted molar refractivity (Wildman–Crippen MR) is 108 cm³/mol. The van der Waals surface area contributed by atoms with Gasteiger partial charge in [-0.3, -0.25) is 4.79 Å². The number of benzene rings is 2. The number of nitrogens with zero attached hydrogens (tertiary/aromatic N) is 2. The molecule has 0 radical (unpaired) electrons. The van der Waals surface area contributed by atoms with Crippen LogP contribution in [0, 0.1) is 12.7 Å². The summed E-state index contributed by atoms with van der Waals surface area (Å²) in [6.45, 7) is 4.81. The smallest absolute Gasteiger partial charge is 0.316 e. The first-order valence-electron chi connectivity index (χ1n) is 9.23. The minimum atomic E-state index is -0.430. The molecule has 0 fully saturated rings. The zero-order valence-electron chi connectivity index (χ0n) is 16.3. The molecule has 28 heavy (non-hydrogen) atoms. The zero-order valence-corrected chi connectivity index (χ0v) is 16.3. The molecule has 0 saturated heterocycles. The van der Waals surface area contributed by atoms with Crippen molar-refractivity contribution < 1.29 is 9.13 Å². The minimum absolute atomic E-state index is 0.165. The van der Waals surface area contributed by atoms with Crippen molar-refractivity contribution in [2.45, 2.75) is 33.4 Å². The maximum absolute atomic E-state index is 13.6. The number of hydrogen-bond donors (Lipinski definition) is 1. The molecule has 0 unspecified atom stereocenters. The topological polar surface area (TPSA) is 56.1 Å². The van der Waals surface area contributed by atoms with Crippen molar-refractivity contribution >= 4 is 5.95 Å². The van der Waals surface area contributed by atoms with Crippen molar-refractivity contribution in [3.05, 3.63) is 87.1 Å². The van der Waals surface area contributed by atoms with Crippen LogP contribution in [0.5, 0.6) is 5.75 Å². The van der Waals surface area contributed by atoms with Gasteiger partial charge in [0.1, 0.15) is 5.82 Å². The molecule has 0 bridgehead atoms. The molecular formula is C22H24FN3O2. The summed E-state index contributed by atoms with van der Waals surface area (Å²) in [5.41, 5.74) is 3.44. The summed E-state index contributed by atoms with van der Waals surface area (Å²) in [5.74, 6) is 0.367. The van der Waals surface area contributed by atoms with Crippen molar-refractivity contribution in [3.8, 4) is 5.75 Å². The van der Waals surface area contributed by atoms with E-state index >= 15 is 0 Å². The highest BCUT2D eigenvalue weighted by molar-refractivity contribution is 5.36. The Bertz CT molecular complexity index is 1030. The van der Waals surface area contributed by atoms with Crippen LogP contribution in [0.4, 0.5) is 10.3 Å². The fraction of sp³-hybridized carbons (Fsp3) is 0.273. The Kier molecular flexibility index (Phi) is 6.09. The van der Waals surface area contributed by atoms with Gasteiger partial charge >= 0.3 is 5.56 Å². The number of aromatic nitrogens is 2. The van der Waals surface area contributed by atoms with Gasteiger partial charge in [0.05, 0.1) is 19.9 Å². The van der Waals surface area contributed by atoms with Crippen LogP contribution in [-0.2, 0) is 19.5 Å². The average molecular weight is 381 g/mol. The molecule has 1 N–H and O–H groups in total. The maximum atomic E-state index is 13.6. The molecule has 0 aliphatic rings. The van der Waals surface area contributed by atoms with E-state index < -0.39 is 5.56 Å². The largest absolute Gasteiger partial charge is 0.490 e. The molecule has 146 valence electrons. The maximum Gasteiger partial charge on any atom is 0.316 e. The summed E-state index contributed by atoms with van der Waals surface area (Å²) in [4.78, 5) is 16.3. The van der Waals surface area contributed by atoms with Gasteiger partial charge in [-0.05, 0) is 41.7 Å². The number of nitrogens with one attached hydrogen (secondary N) is 1. The van der Waals surface area contributed by atoms with E-state index in [2.05, 4.69) is 29.4 Å². The first kappa shape index (κ1) is 19.6. The van der Waals surface area contributed by atoms with Crippen LogP contribution in [0.15, 0.2) is 53.5 Å². The van der Waals surface area contributed by atoms with Crippen LogP contribution in [-0.4, -0.2) is 16.7 Å². The Morgan fingerprint density at radius 2 is 1.93 bits per heavy atom. The van der Waals surface area contributed by atoms with Crippen molar-refractivity contribution in [2.24, 2.45) is 0 Å². The number of anilines is 1. The standard InChI is InChI=1S/C22H24FN3O2/c1-4-17-7-5-6-8-18(17)12-24-22-25-21(27)20(28-3)14-26(22)13-16-9-10-19(23)15(2)11-16/h5-11,14H,4,12-13H2,1-3H3,(H,24,25,27). The van der Waals surface area contributed by atoms with Gasteiger partial charge in [0.2, 0.25) is 11.7 Å². The molecule has 5 nitrogen and oxygen atoms in total. The zero-order chi connectivity index (χ0) is 20.1. The molecule has 0 saturated carbocycles. The van der Waals surface area contributed by atoms with Crippen LogP contribution in [0.1, 0.15) is 29.2 Å². The van der Waals surface area contributed by atoms with E-state index in [9.17, 15) is 9.18 Å². The third-order valence-corrected chi connectivity index (χ3v) is 4.69. The number of hydrogen-bond acceptors (Lipinski definition) is 4. The van der Waals surface area contributed by atoms with Crippen molar-refractivity contribution in [1.82, 2.24) is 9.55 Å². The van der Waals surface area contributed by atoms with Gasteiger partial charge < -0.3 is 14.6 Å². The Labute approximate surface area is 163 Å². The number of methoxy groups -OCH3 is 1. The minimum Gasteiger partial charge on any atom is -0.490 e. The molecule has 0 aliphatic carbocycles. The third kappa shape index (κ3) is 4.39. The first-order chi connectivity index (χ1) is 13.5. The number of halogens is 1. The number of aryl methyl sites for hydroxylation is 2. The molecule has 0 atom stereocenters. The summed E-state index contributed by atoms with van der Waals surface area (Å²) in [6, 6.07) is 13.1. The SMILES string of the molecule is CCc1ccccc1CNc1nc(=O)c(OC)cn1Cc1ccc(F)c(C)c1. The second-order valence-electron chi connectivity index (χ2n) is 6.63. The highest BCUT2D eigenvalue weighted by Crippen LogP contribution is 2.16. The summed E-state index contributed by atoms with van der Waals surface area (Å²) in [6.07, 6.45) is 2.55.